The molecule has 1 rings (SSSR count). The third-order valence-electron chi connectivity index (χ3n) is 4.92. The zero-order chi connectivity index (χ0) is 15.4. The predicted octanol–water partition coefficient (Wildman–Crippen LogP) is 4.16. The summed E-state index contributed by atoms with van der Waals surface area (Å²) in [7, 11) is 0. The summed E-state index contributed by atoms with van der Waals surface area (Å²) in [5.41, 5.74) is 0.626. The lowest BCUT2D eigenvalue weighted by molar-refractivity contribution is 0.0810. The normalized spacial score (nSPS) is 28.4. The molecule has 1 aliphatic heterocycles. The lowest BCUT2D eigenvalue weighted by Gasteiger charge is -2.42. The maximum atomic E-state index is 3.73. The van der Waals surface area contributed by atoms with Crippen molar-refractivity contribution in [1.29, 1.82) is 0 Å². The predicted molar refractivity (Wildman–Crippen MR) is 90.2 cm³/mol. The third-order valence-corrected chi connectivity index (χ3v) is 4.92. The van der Waals surface area contributed by atoms with Crippen LogP contribution in [0.4, 0.5) is 0 Å². The summed E-state index contributed by atoms with van der Waals surface area (Å²) in [6.45, 7) is 21.4. The molecular formula is C18H38N2. The molecule has 1 heterocycles. The molecule has 2 heteroatoms. The number of nitrogens with one attached hydrogen (secondary N) is 1. The molecule has 20 heavy (non-hydrogen) atoms. The Morgan fingerprint density at radius 2 is 1.75 bits per heavy atom. The fourth-order valence-electron chi connectivity index (χ4n) is 3.34. The highest BCUT2D eigenvalue weighted by molar-refractivity contribution is 4.86. The van der Waals surface area contributed by atoms with Gasteiger partial charge in [0.25, 0.3) is 0 Å². The Morgan fingerprint density at radius 3 is 2.25 bits per heavy atom. The highest BCUT2D eigenvalue weighted by Gasteiger charge is 2.31. The number of rotatable bonds is 6. The first-order valence-electron chi connectivity index (χ1n) is 8.62. The van der Waals surface area contributed by atoms with E-state index in [2.05, 4.69) is 58.7 Å². The molecule has 0 aromatic heterocycles. The standard InChI is InChI=1S/C18H38N2/c1-8-10-18(7,13-19-17(4,5)6)14-20-11-9-15(2)16(3)12-20/h15-16,19H,8-14H2,1-7H3. The second-order valence-electron chi connectivity index (χ2n) is 8.64. The van der Waals surface area contributed by atoms with Crippen LogP contribution in [0.5, 0.6) is 0 Å². The van der Waals surface area contributed by atoms with Crippen molar-refractivity contribution in [2.75, 3.05) is 26.2 Å². The van der Waals surface area contributed by atoms with E-state index in [0.717, 1.165) is 18.4 Å². The van der Waals surface area contributed by atoms with Gasteiger partial charge in [0.15, 0.2) is 0 Å². The van der Waals surface area contributed by atoms with Gasteiger partial charge in [0, 0.05) is 25.2 Å². The highest BCUT2D eigenvalue weighted by Crippen LogP contribution is 2.29. The van der Waals surface area contributed by atoms with Gasteiger partial charge in [-0.2, -0.15) is 0 Å². The molecule has 1 N–H and O–H groups in total. The van der Waals surface area contributed by atoms with Gasteiger partial charge >= 0.3 is 0 Å². The van der Waals surface area contributed by atoms with Crippen molar-refractivity contribution in [3.05, 3.63) is 0 Å². The quantitative estimate of drug-likeness (QED) is 0.787. The molecule has 0 aliphatic carbocycles. The lowest BCUT2D eigenvalue weighted by Crippen LogP contribution is -2.50. The second-order valence-corrected chi connectivity index (χ2v) is 8.64. The highest BCUT2D eigenvalue weighted by atomic mass is 15.1. The largest absolute Gasteiger partial charge is 0.311 e. The Kier molecular flexibility index (Phi) is 6.53. The number of piperidine rings is 1. The van der Waals surface area contributed by atoms with Gasteiger partial charge in [-0.3, -0.25) is 0 Å². The first-order valence-corrected chi connectivity index (χ1v) is 8.62. The van der Waals surface area contributed by atoms with Gasteiger partial charge in [-0.05, 0) is 57.4 Å². The Balaban J connectivity index is 2.57. The molecule has 1 aliphatic rings. The fourth-order valence-corrected chi connectivity index (χ4v) is 3.34. The van der Waals surface area contributed by atoms with Crippen molar-refractivity contribution in [2.45, 2.75) is 73.3 Å². The van der Waals surface area contributed by atoms with Crippen LogP contribution in [-0.2, 0) is 0 Å². The van der Waals surface area contributed by atoms with Gasteiger partial charge in [0.05, 0.1) is 0 Å². The summed E-state index contributed by atoms with van der Waals surface area (Å²) in [4.78, 5) is 2.71. The molecule has 3 atom stereocenters. The summed E-state index contributed by atoms with van der Waals surface area (Å²) in [5.74, 6) is 1.75. The number of likely N-dealkylation sites (tertiary alicyclic amines) is 1. The average Bonchev–Trinajstić information content (AvgIpc) is 2.31. The molecule has 0 amide bonds. The molecular weight excluding hydrogens is 244 g/mol. The molecule has 0 saturated carbocycles. The van der Waals surface area contributed by atoms with Crippen molar-refractivity contribution in [3.8, 4) is 0 Å². The van der Waals surface area contributed by atoms with E-state index in [4.69, 9.17) is 0 Å². The molecule has 0 aromatic carbocycles. The smallest absolute Gasteiger partial charge is 0.00967 e. The van der Waals surface area contributed by atoms with Gasteiger partial charge in [0.1, 0.15) is 0 Å². The summed E-state index contributed by atoms with van der Waals surface area (Å²) in [6.07, 6.45) is 3.97. The minimum Gasteiger partial charge on any atom is -0.311 e. The topological polar surface area (TPSA) is 15.3 Å². The molecule has 1 saturated heterocycles. The van der Waals surface area contributed by atoms with Crippen molar-refractivity contribution < 1.29 is 0 Å². The summed E-state index contributed by atoms with van der Waals surface area (Å²) < 4.78 is 0. The zero-order valence-electron chi connectivity index (χ0n) is 15.1. The van der Waals surface area contributed by atoms with Crippen molar-refractivity contribution in [3.63, 3.8) is 0 Å². The van der Waals surface area contributed by atoms with Gasteiger partial charge < -0.3 is 10.2 Å². The Morgan fingerprint density at radius 1 is 1.10 bits per heavy atom. The monoisotopic (exact) mass is 282 g/mol. The number of nitrogens with zero attached hydrogens (tertiary/aromatic N) is 1. The fraction of sp³-hybridized carbons (Fsp3) is 1.00. The van der Waals surface area contributed by atoms with Crippen LogP contribution >= 0.6 is 0 Å². The lowest BCUT2D eigenvalue weighted by atomic mass is 9.82. The second kappa shape index (κ2) is 7.26. The van der Waals surface area contributed by atoms with E-state index >= 15 is 0 Å². The van der Waals surface area contributed by atoms with Crippen LogP contribution in [0, 0.1) is 17.3 Å². The molecule has 3 unspecified atom stereocenters. The van der Waals surface area contributed by atoms with Crippen LogP contribution in [0.3, 0.4) is 0 Å². The van der Waals surface area contributed by atoms with E-state index in [9.17, 15) is 0 Å². The third kappa shape index (κ3) is 6.13. The van der Waals surface area contributed by atoms with Gasteiger partial charge in [-0.15, -0.1) is 0 Å². The van der Waals surface area contributed by atoms with Crippen LogP contribution in [0.15, 0.2) is 0 Å². The molecule has 1 fully saturated rings. The van der Waals surface area contributed by atoms with Crippen LogP contribution in [0.1, 0.15) is 67.7 Å². The van der Waals surface area contributed by atoms with Crippen molar-refractivity contribution in [2.24, 2.45) is 17.3 Å². The molecule has 0 radical (unpaired) electrons. The van der Waals surface area contributed by atoms with Crippen LogP contribution < -0.4 is 5.32 Å². The van der Waals surface area contributed by atoms with E-state index in [-0.39, 0.29) is 5.54 Å². The van der Waals surface area contributed by atoms with Gasteiger partial charge in [0.2, 0.25) is 0 Å². The van der Waals surface area contributed by atoms with Crippen molar-refractivity contribution in [1.82, 2.24) is 10.2 Å². The average molecular weight is 283 g/mol. The van der Waals surface area contributed by atoms with E-state index in [1.807, 2.05) is 0 Å². The van der Waals surface area contributed by atoms with Crippen LogP contribution in [0.25, 0.3) is 0 Å². The minimum absolute atomic E-state index is 0.221. The van der Waals surface area contributed by atoms with Crippen LogP contribution in [-0.4, -0.2) is 36.6 Å². The Hall–Kier alpha value is -0.0800. The Bertz CT molecular complexity index is 282. The minimum atomic E-state index is 0.221. The van der Waals surface area contributed by atoms with E-state index < -0.39 is 0 Å². The number of hydrogen-bond donors (Lipinski definition) is 1. The summed E-state index contributed by atoms with van der Waals surface area (Å²) in [5, 5.41) is 3.73. The maximum absolute atomic E-state index is 3.73. The van der Waals surface area contributed by atoms with E-state index in [0.29, 0.717) is 5.41 Å². The first kappa shape index (κ1) is 18.0. The molecule has 0 bridgehead atoms. The molecule has 0 aromatic rings. The van der Waals surface area contributed by atoms with E-state index in [1.54, 1.807) is 0 Å². The first-order chi connectivity index (χ1) is 9.15. The molecule has 0 spiro atoms. The van der Waals surface area contributed by atoms with E-state index in [1.165, 1.54) is 38.9 Å². The maximum Gasteiger partial charge on any atom is 0.00967 e. The number of hydrogen-bond acceptors (Lipinski definition) is 2. The van der Waals surface area contributed by atoms with Crippen LogP contribution in [0.2, 0.25) is 0 Å². The molecule has 120 valence electrons. The van der Waals surface area contributed by atoms with Crippen molar-refractivity contribution >= 4 is 0 Å². The summed E-state index contributed by atoms with van der Waals surface area (Å²) in [6, 6.07) is 0. The SMILES string of the molecule is CCCC(C)(CNC(C)(C)C)CN1CCC(C)C(C)C1. The zero-order valence-corrected chi connectivity index (χ0v) is 15.1. The van der Waals surface area contributed by atoms with Gasteiger partial charge in [-0.25, -0.2) is 0 Å². The Labute approximate surface area is 127 Å². The summed E-state index contributed by atoms with van der Waals surface area (Å²) >= 11 is 0. The molecule has 2 nitrogen and oxygen atoms in total. The van der Waals surface area contributed by atoms with Gasteiger partial charge in [-0.1, -0.05) is 34.1 Å².